The fourth-order valence-electron chi connectivity index (χ4n) is 3.34. The summed E-state index contributed by atoms with van der Waals surface area (Å²) in [5.41, 5.74) is 2.65. The Morgan fingerprint density at radius 2 is 2.00 bits per heavy atom. The maximum absolute atomic E-state index is 12.3. The number of amides is 2. The molecule has 0 bridgehead atoms. The lowest BCUT2D eigenvalue weighted by atomic mass is 10.1. The molecule has 1 aliphatic heterocycles. The van der Waals surface area contributed by atoms with Gasteiger partial charge in [0.2, 0.25) is 0 Å². The van der Waals surface area contributed by atoms with Gasteiger partial charge in [-0.05, 0) is 72.9 Å². The van der Waals surface area contributed by atoms with Crippen LogP contribution in [0.1, 0.15) is 30.0 Å². The number of benzene rings is 1. The number of likely N-dealkylation sites (tertiary alicyclic amines) is 1. The Bertz CT molecular complexity index is 786. The van der Waals surface area contributed by atoms with Crippen molar-refractivity contribution in [1.29, 1.82) is 0 Å². The van der Waals surface area contributed by atoms with E-state index < -0.39 is 11.8 Å². The summed E-state index contributed by atoms with van der Waals surface area (Å²) >= 11 is 1.64. The highest BCUT2D eigenvalue weighted by molar-refractivity contribution is 7.08. The number of aryl methyl sites for hydroxylation is 1. The van der Waals surface area contributed by atoms with Gasteiger partial charge in [-0.1, -0.05) is 6.07 Å². The standard InChI is InChI=1S/C20H25N3O3S/c1-14-5-6-18(26-2)16(11-14)22-20(25)19(24)21-12-17(15-7-10-27-13-15)23-8-3-4-9-23/h5-7,10-11,13,17H,3-4,8-9,12H2,1-2H3,(H,21,24)(H,22,25)/t17-/m0/s1. The van der Waals surface area contributed by atoms with Crippen LogP contribution in [-0.2, 0) is 9.59 Å². The molecule has 0 radical (unpaired) electrons. The first kappa shape index (κ1) is 19.4. The first-order valence-electron chi connectivity index (χ1n) is 9.08. The van der Waals surface area contributed by atoms with Crippen LogP contribution >= 0.6 is 11.3 Å². The van der Waals surface area contributed by atoms with Crippen LogP contribution < -0.4 is 15.4 Å². The van der Waals surface area contributed by atoms with E-state index in [4.69, 9.17) is 4.74 Å². The largest absolute Gasteiger partial charge is 0.495 e. The minimum atomic E-state index is -0.690. The Hall–Kier alpha value is -2.38. The highest BCUT2D eigenvalue weighted by Crippen LogP contribution is 2.27. The number of hydrogen-bond acceptors (Lipinski definition) is 5. The van der Waals surface area contributed by atoms with Gasteiger partial charge in [-0.25, -0.2) is 0 Å². The average Bonchev–Trinajstić information content (AvgIpc) is 3.36. The second-order valence-corrected chi connectivity index (χ2v) is 7.46. The molecule has 3 rings (SSSR count). The van der Waals surface area contributed by atoms with Gasteiger partial charge in [0.1, 0.15) is 5.75 Å². The van der Waals surface area contributed by atoms with E-state index in [1.807, 2.05) is 18.4 Å². The second kappa shape index (κ2) is 9.01. The van der Waals surface area contributed by atoms with Crippen LogP contribution in [0.2, 0.25) is 0 Å². The lowest BCUT2D eigenvalue weighted by Gasteiger charge is -2.27. The van der Waals surface area contributed by atoms with Gasteiger partial charge >= 0.3 is 11.8 Å². The highest BCUT2D eigenvalue weighted by atomic mass is 32.1. The van der Waals surface area contributed by atoms with E-state index in [2.05, 4.69) is 27.0 Å². The van der Waals surface area contributed by atoms with Crippen molar-refractivity contribution in [3.63, 3.8) is 0 Å². The smallest absolute Gasteiger partial charge is 0.313 e. The molecule has 0 saturated carbocycles. The van der Waals surface area contributed by atoms with Crippen molar-refractivity contribution in [3.8, 4) is 5.75 Å². The van der Waals surface area contributed by atoms with E-state index in [-0.39, 0.29) is 6.04 Å². The van der Waals surface area contributed by atoms with Crippen LogP contribution in [0, 0.1) is 6.92 Å². The van der Waals surface area contributed by atoms with Crippen molar-refractivity contribution in [2.75, 3.05) is 32.1 Å². The third-order valence-electron chi connectivity index (χ3n) is 4.77. The molecule has 144 valence electrons. The van der Waals surface area contributed by atoms with E-state index in [1.165, 1.54) is 25.5 Å². The molecule has 27 heavy (non-hydrogen) atoms. The summed E-state index contributed by atoms with van der Waals surface area (Å²) in [6, 6.07) is 7.61. The Morgan fingerprint density at radius 3 is 2.67 bits per heavy atom. The summed E-state index contributed by atoms with van der Waals surface area (Å²) in [5, 5.41) is 9.58. The molecular formula is C20H25N3O3S. The molecule has 2 amide bonds. The van der Waals surface area contributed by atoms with E-state index >= 15 is 0 Å². The van der Waals surface area contributed by atoms with Crippen molar-refractivity contribution in [1.82, 2.24) is 10.2 Å². The van der Waals surface area contributed by atoms with Crippen molar-refractivity contribution >= 4 is 28.8 Å². The number of nitrogens with one attached hydrogen (secondary N) is 2. The molecule has 1 aromatic heterocycles. The lowest BCUT2D eigenvalue weighted by molar-refractivity contribution is -0.136. The quantitative estimate of drug-likeness (QED) is 0.748. The highest BCUT2D eigenvalue weighted by Gasteiger charge is 2.25. The molecule has 1 atom stereocenters. The number of methoxy groups -OCH3 is 1. The van der Waals surface area contributed by atoms with E-state index in [0.717, 1.165) is 18.7 Å². The van der Waals surface area contributed by atoms with Gasteiger partial charge in [-0.2, -0.15) is 11.3 Å². The summed E-state index contributed by atoms with van der Waals surface area (Å²) in [7, 11) is 1.53. The molecule has 0 aliphatic carbocycles. The minimum Gasteiger partial charge on any atom is -0.495 e. The van der Waals surface area contributed by atoms with Gasteiger partial charge < -0.3 is 15.4 Å². The van der Waals surface area contributed by atoms with Gasteiger partial charge in [-0.3, -0.25) is 14.5 Å². The van der Waals surface area contributed by atoms with Crippen molar-refractivity contribution in [3.05, 3.63) is 46.2 Å². The summed E-state index contributed by atoms with van der Waals surface area (Å²) in [6.45, 7) is 4.36. The van der Waals surface area contributed by atoms with E-state index in [0.29, 0.717) is 18.0 Å². The van der Waals surface area contributed by atoms with Gasteiger partial charge in [0, 0.05) is 6.54 Å². The normalized spacial score (nSPS) is 15.3. The summed E-state index contributed by atoms with van der Waals surface area (Å²) in [4.78, 5) is 27.0. The van der Waals surface area contributed by atoms with Gasteiger partial charge in [0.05, 0.1) is 18.8 Å². The lowest BCUT2D eigenvalue weighted by Crippen LogP contribution is -2.41. The molecule has 2 aromatic rings. The SMILES string of the molecule is COc1ccc(C)cc1NC(=O)C(=O)NC[C@@H](c1ccsc1)N1CCCC1. The third kappa shape index (κ3) is 4.87. The number of hydrogen-bond donors (Lipinski definition) is 2. The topological polar surface area (TPSA) is 70.7 Å². The molecule has 1 fully saturated rings. The molecule has 1 aromatic carbocycles. The number of carbonyl (C=O) groups excluding carboxylic acids is 2. The van der Waals surface area contributed by atoms with Gasteiger partial charge in [-0.15, -0.1) is 0 Å². The summed E-state index contributed by atoms with van der Waals surface area (Å²) < 4.78 is 5.24. The van der Waals surface area contributed by atoms with Crippen LogP contribution in [0.15, 0.2) is 35.0 Å². The van der Waals surface area contributed by atoms with Crippen LogP contribution in [0.5, 0.6) is 5.75 Å². The second-order valence-electron chi connectivity index (χ2n) is 6.68. The maximum Gasteiger partial charge on any atom is 0.313 e. The fourth-order valence-corrected chi connectivity index (χ4v) is 4.05. The first-order valence-corrected chi connectivity index (χ1v) is 10.0. The zero-order valence-electron chi connectivity index (χ0n) is 15.7. The molecule has 2 N–H and O–H groups in total. The Kier molecular flexibility index (Phi) is 6.47. The molecule has 1 saturated heterocycles. The molecular weight excluding hydrogens is 362 g/mol. The monoisotopic (exact) mass is 387 g/mol. The zero-order chi connectivity index (χ0) is 19.2. The average molecular weight is 388 g/mol. The third-order valence-corrected chi connectivity index (χ3v) is 5.48. The number of ether oxygens (including phenoxy) is 1. The Morgan fingerprint density at radius 1 is 1.22 bits per heavy atom. The van der Waals surface area contributed by atoms with Crippen molar-refractivity contribution in [2.45, 2.75) is 25.8 Å². The molecule has 1 aliphatic rings. The predicted octanol–water partition coefficient (Wildman–Crippen LogP) is 2.96. The molecule has 0 spiro atoms. The zero-order valence-corrected chi connectivity index (χ0v) is 16.5. The fraction of sp³-hybridized carbons (Fsp3) is 0.400. The van der Waals surface area contributed by atoms with Crippen LogP contribution in [0.4, 0.5) is 5.69 Å². The van der Waals surface area contributed by atoms with Crippen LogP contribution in [0.25, 0.3) is 0 Å². The minimum absolute atomic E-state index is 0.101. The number of nitrogens with zero attached hydrogens (tertiary/aromatic N) is 1. The maximum atomic E-state index is 12.3. The molecule has 0 unspecified atom stereocenters. The molecule has 7 heteroatoms. The van der Waals surface area contributed by atoms with Crippen molar-refractivity contribution < 1.29 is 14.3 Å². The van der Waals surface area contributed by atoms with Crippen LogP contribution in [0.3, 0.4) is 0 Å². The number of anilines is 1. The molecule has 2 heterocycles. The number of carbonyl (C=O) groups is 2. The predicted molar refractivity (Wildman–Crippen MR) is 107 cm³/mol. The first-order chi connectivity index (χ1) is 13.1. The van der Waals surface area contributed by atoms with Gasteiger partial charge in [0.15, 0.2) is 0 Å². The van der Waals surface area contributed by atoms with Crippen LogP contribution in [-0.4, -0.2) is 43.5 Å². The van der Waals surface area contributed by atoms with Gasteiger partial charge in [0.25, 0.3) is 0 Å². The molecule has 6 nitrogen and oxygen atoms in total. The summed E-state index contributed by atoms with van der Waals surface area (Å²) in [6.07, 6.45) is 2.34. The van der Waals surface area contributed by atoms with E-state index in [1.54, 1.807) is 23.5 Å². The Labute approximate surface area is 163 Å². The van der Waals surface area contributed by atoms with E-state index in [9.17, 15) is 9.59 Å². The van der Waals surface area contributed by atoms with Crippen molar-refractivity contribution in [2.24, 2.45) is 0 Å². The Balaban J connectivity index is 1.62. The summed E-state index contributed by atoms with van der Waals surface area (Å²) in [5.74, 6) is -0.808. The number of thiophene rings is 1. The number of rotatable bonds is 6.